The minimum Gasteiger partial charge on any atom is -0.383 e. The summed E-state index contributed by atoms with van der Waals surface area (Å²) in [7, 11) is 1.58. The Morgan fingerprint density at radius 1 is 1.03 bits per heavy atom. The van der Waals surface area contributed by atoms with Gasteiger partial charge in [0.1, 0.15) is 5.82 Å². The fourth-order valence-electron chi connectivity index (χ4n) is 4.02. The number of amides is 1. The van der Waals surface area contributed by atoms with Crippen LogP contribution in [0, 0.1) is 0 Å². The molecule has 1 amide bonds. The van der Waals surface area contributed by atoms with E-state index in [1.54, 1.807) is 46.9 Å². The number of ether oxygens (including phenoxy) is 1. The quantitative estimate of drug-likeness (QED) is 0.310. The van der Waals surface area contributed by atoms with Crippen LogP contribution in [0.4, 0.5) is 0 Å². The minimum atomic E-state index is -0.534. The Bertz CT molecular complexity index is 1410. The molecule has 4 aromatic rings. The first kappa shape index (κ1) is 24.9. The van der Waals surface area contributed by atoms with Gasteiger partial charge in [0.25, 0.3) is 11.5 Å². The smallest absolute Gasteiger partial charge is 0.261 e. The maximum absolute atomic E-state index is 13.6. The summed E-state index contributed by atoms with van der Waals surface area (Å²) < 4.78 is 6.92. The third-order valence-corrected chi connectivity index (χ3v) is 6.62. The van der Waals surface area contributed by atoms with Gasteiger partial charge < -0.3 is 9.64 Å². The van der Waals surface area contributed by atoms with Crippen molar-refractivity contribution in [1.82, 2.24) is 14.5 Å². The van der Waals surface area contributed by atoms with E-state index in [2.05, 4.69) is 0 Å². The van der Waals surface area contributed by atoms with Gasteiger partial charge in [-0.05, 0) is 42.8 Å². The molecule has 0 radical (unpaired) electrons. The summed E-state index contributed by atoms with van der Waals surface area (Å²) in [6.45, 7) is 2.80. The van der Waals surface area contributed by atoms with Gasteiger partial charge in [-0.25, -0.2) is 4.98 Å². The molecule has 8 heteroatoms. The maximum atomic E-state index is 13.6. The van der Waals surface area contributed by atoms with Gasteiger partial charge in [-0.3, -0.25) is 14.2 Å². The lowest BCUT2D eigenvalue weighted by Gasteiger charge is -2.30. The summed E-state index contributed by atoms with van der Waals surface area (Å²) in [6.07, 6.45) is 0. The molecule has 0 bridgehead atoms. The fraction of sp³-hybridized carbons (Fsp3) is 0.222. The molecule has 180 valence electrons. The van der Waals surface area contributed by atoms with Crippen molar-refractivity contribution in [3.05, 3.63) is 110 Å². The predicted octanol–water partition coefficient (Wildman–Crippen LogP) is 5.60. The van der Waals surface area contributed by atoms with Gasteiger partial charge in [0.2, 0.25) is 0 Å². The van der Waals surface area contributed by atoms with E-state index in [-0.39, 0.29) is 11.5 Å². The highest BCUT2D eigenvalue weighted by atomic mass is 35.5. The van der Waals surface area contributed by atoms with E-state index in [9.17, 15) is 9.59 Å². The number of hydrogen-bond donors (Lipinski definition) is 0. The van der Waals surface area contributed by atoms with Gasteiger partial charge in [-0.15, -0.1) is 0 Å². The first-order valence-electron chi connectivity index (χ1n) is 11.2. The molecule has 0 saturated heterocycles. The molecule has 6 nitrogen and oxygen atoms in total. The van der Waals surface area contributed by atoms with Gasteiger partial charge >= 0.3 is 0 Å². The number of carbonyl (C=O) groups excluding carboxylic acids is 1. The Hall–Kier alpha value is -3.19. The van der Waals surface area contributed by atoms with Crippen molar-refractivity contribution in [2.45, 2.75) is 19.5 Å². The van der Waals surface area contributed by atoms with Crippen LogP contribution in [-0.4, -0.2) is 40.6 Å². The van der Waals surface area contributed by atoms with Crippen molar-refractivity contribution >= 4 is 40.0 Å². The number of para-hydroxylation sites is 1. The van der Waals surface area contributed by atoms with Crippen molar-refractivity contribution in [3.8, 4) is 0 Å². The van der Waals surface area contributed by atoms with Crippen LogP contribution in [0.1, 0.15) is 34.7 Å². The van der Waals surface area contributed by atoms with Crippen LogP contribution in [0.5, 0.6) is 0 Å². The van der Waals surface area contributed by atoms with Gasteiger partial charge in [0.15, 0.2) is 0 Å². The number of nitrogens with zero attached hydrogens (tertiary/aromatic N) is 3. The lowest BCUT2D eigenvalue weighted by Crippen LogP contribution is -2.39. The van der Waals surface area contributed by atoms with Crippen LogP contribution in [0.15, 0.2) is 77.6 Å². The molecule has 4 rings (SSSR count). The summed E-state index contributed by atoms with van der Waals surface area (Å²) in [5.74, 6) is 0.226. The molecule has 1 atom stereocenters. The Morgan fingerprint density at radius 3 is 2.46 bits per heavy atom. The zero-order valence-corrected chi connectivity index (χ0v) is 21.0. The molecular weight excluding hydrogens is 485 g/mol. The second-order valence-corrected chi connectivity index (χ2v) is 8.97. The number of aromatic nitrogens is 2. The average Bonchev–Trinajstić information content (AvgIpc) is 2.87. The Morgan fingerprint density at radius 2 is 1.74 bits per heavy atom. The predicted molar refractivity (Wildman–Crippen MR) is 139 cm³/mol. The summed E-state index contributed by atoms with van der Waals surface area (Å²) in [6, 6.07) is 21.2. The lowest BCUT2D eigenvalue weighted by molar-refractivity contribution is 0.0603. The normalized spacial score (nSPS) is 12.0. The van der Waals surface area contributed by atoms with Crippen LogP contribution in [0.3, 0.4) is 0 Å². The Balaban J connectivity index is 1.83. The van der Waals surface area contributed by atoms with E-state index >= 15 is 0 Å². The molecule has 0 N–H and O–H groups in total. The third-order valence-electron chi connectivity index (χ3n) is 5.88. The van der Waals surface area contributed by atoms with Crippen molar-refractivity contribution < 1.29 is 9.53 Å². The van der Waals surface area contributed by atoms with E-state index in [1.807, 2.05) is 49.4 Å². The van der Waals surface area contributed by atoms with Crippen LogP contribution < -0.4 is 5.56 Å². The van der Waals surface area contributed by atoms with E-state index in [0.717, 1.165) is 5.56 Å². The van der Waals surface area contributed by atoms with E-state index in [1.165, 1.54) is 0 Å². The lowest BCUT2D eigenvalue weighted by atomic mass is 10.1. The minimum absolute atomic E-state index is 0.157. The highest BCUT2D eigenvalue weighted by Gasteiger charge is 2.27. The number of hydrogen-bond acceptors (Lipinski definition) is 4. The highest BCUT2D eigenvalue weighted by Crippen LogP contribution is 2.26. The van der Waals surface area contributed by atoms with Crippen molar-refractivity contribution in [2.75, 3.05) is 20.3 Å². The zero-order valence-electron chi connectivity index (χ0n) is 19.4. The summed E-state index contributed by atoms with van der Waals surface area (Å²) in [4.78, 5) is 33.7. The van der Waals surface area contributed by atoms with Gasteiger partial charge in [0, 0.05) is 19.2 Å². The van der Waals surface area contributed by atoms with Gasteiger partial charge in [-0.2, -0.15) is 0 Å². The molecule has 0 fully saturated rings. The average molecular weight is 510 g/mol. The Labute approximate surface area is 213 Å². The number of halogens is 2. The molecule has 0 saturated carbocycles. The topological polar surface area (TPSA) is 64.4 Å². The maximum Gasteiger partial charge on any atom is 0.261 e. The number of carbonyl (C=O) groups is 1. The van der Waals surface area contributed by atoms with Crippen molar-refractivity contribution in [2.24, 2.45) is 0 Å². The number of fused-ring (bicyclic) bond motifs is 1. The molecule has 1 heterocycles. The second-order valence-electron chi connectivity index (χ2n) is 8.16. The van der Waals surface area contributed by atoms with E-state index in [4.69, 9.17) is 32.9 Å². The Kier molecular flexibility index (Phi) is 7.86. The largest absolute Gasteiger partial charge is 0.383 e. The highest BCUT2D eigenvalue weighted by molar-refractivity contribution is 6.42. The molecule has 0 aliphatic carbocycles. The SMILES string of the molecule is COCCN(C(=O)c1ccc(Cl)c(Cl)c1)C(C)c1nc2ccccc2c(=O)n1Cc1ccccc1. The number of methoxy groups -OCH3 is 1. The van der Waals surface area contributed by atoms with Crippen LogP contribution in [0.2, 0.25) is 10.0 Å². The van der Waals surface area contributed by atoms with Gasteiger partial charge in [-0.1, -0.05) is 65.7 Å². The van der Waals surface area contributed by atoms with Crippen LogP contribution >= 0.6 is 23.2 Å². The monoisotopic (exact) mass is 509 g/mol. The van der Waals surface area contributed by atoms with Crippen molar-refractivity contribution in [3.63, 3.8) is 0 Å². The molecule has 0 spiro atoms. The summed E-state index contributed by atoms with van der Waals surface area (Å²) >= 11 is 12.2. The van der Waals surface area contributed by atoms with Crippen LogP contribution in [0.25, 0.3) is 10.9 Å². The standard InChI is InChI=1S/C27H25Cl2N3O3/c1-18(31(14-15-35-2)26(33)20-12-13-22(28)23(29)16-20)25-30-24-11-7-6-10-21(24)27(34)32(25)17-19-8-4-3-5-9-19/h3-13,16,18H,14-15,17H2,1-2H3. The number of benzene rings is 3. The first-order chi connectivity index (χ1) is 16.9. The molecule has 0 aliphatic heterocycles. The zero-order chi connectivity index (χ0) is 24.9. The van der Waals surface area contributed by atoms with E-state index < -0.39 is 6.04 Å². The van der Waals surface area contributed by atoms with E-state index in [0.29, 0.717) is 52.0 Å². The fourth-order valence-corrected chi connectivity index (χ4v) is 4.32. The molecular formula is C27H25Cl2N3O3. The third kappa shape index (κ3) is 5.40. The molecule has 0 aliphatic rings. The second kappa shape index (κ2) is 11.0. The van der Waals surface area contributed by atoms with Gasteiger partial charge in [0.05, 0.1) is 40.1 Å². The molecule has 1 unspecified atom stereocenters. The molecule has 1 aromatic heterocycles. The van der Waals surface area contributed by atoms with Crippen molar-refractivity contribution in [1.29, 1.82) is 0 Å². The van der Waals surface area contributed by atoms with Crippen LogP contribution in [-0.2, 0) is 11.3 Å². The summed E-state index contributed by atoms with van der Waals surface area (Å²) in [5, 5.41) is 1.19. The first-order valence-corrected chi connectivity index (χ1v) is 11.9. The molecule has 3 aromatic carbocycles. The number of rotatable bonds is 8. The molecule has 35 heavy (non-hydrogen) atoms. The summed E-state index contributed by atoms with van der Waals surface area (Å²) in [5.41, 5.74) is 1.77.